The van der Waals surface area contributed by atoms with Crippen molar-refractivity contribution < 1.29 is 9.90 Å². The summed E-state index contributed by atoms with van der Waals surface area (Å²) in [4.78, 5) is 19.8. The first-order chi connectivity index (χ1) is 17.4. The molecule has 0 radical (unpaired) electrons. The van der Waals surface area contributed by atoms with Gasteiger partial charge in [0.05, 0.1) is 0 Å². The van der Waals surface area contributed by atoms with Gasteiger partial charge in [-0.15, -0.1) is 0 Å². The second-order valence-electron chi connectivity index (χ2n) is 9.90. The summed E-state index contributed by atoms with van der Waals surface area (Å²) in [6.45, 7) is 14.8. The lowest BCUT2D eigenvalue weighted by atomic mass is 9.81. The van der Waals surface area contributed by atoms with E-state index >= 15 is 0 Å². The highest BCUT2D eigenvalue weighted by Gasteiger charge is 2.42. The Morgan fingerprint density at radius 1 is 0.944 bits per heavy atom. The summed E-state index contributed by atoms with van der Waals surface area (Å²) in [6, 6.07) is 25.1. The van der Waals surface area contributed by atoms with Crippen molar-refractivity contribution in [1.29, 1.82) is 0 Å². The van der Waals surface area contributed by atoms with Gasteiger partial charge in [-0.1, -0.05) is 90.0 Å². The number of likely N-dealkylation sites (tertiary alicyclic amines) is 1. The van der Waals surface area contributed by atoms with Crippen molar-refractivity contribution in [3.05, 3.63) is 118 Å². The highest BCUT2D eigenvalue weighted by molar-refractivity contribution is 5.90. The Morgan fingerprint density at radius 2 is 1.47 bits per heavy atom. The minimum absolute atomic E-state index is 0.412. The van der Waals surface area contributed by atoms with Gasteiger partial charge in [0.15, 0.2) is 5.60 Å². The van der Waals surface area contributed by atoms with Crippen LogP contribution in [0.25, 0.3) is 4.85 Å². The lowest BCUT2D eigenvalue weighted by molar-refractivity contribution is -0.136. The number of piperidine rings is 1. The second kappa shape index (κ2) is 11.1. The van der Waals surface area contributed by atoms with Crippen LogP contribution in [-0.4, -0.2) is 42.1 Å². The summed E-state index contributed by atoms with van der Waals surface area (Å²) < 4.78 is 0. The van der Waals surface area contributed by atoms with Gasteiger partial charge in [0, 0.05) is 38.0 Å². The normalized spacial score (nSPS) is 15.7. The number of hydrogen-bond acceptors (Lipinski definition) is 3. The lowest BCUT2D eigenvalue weighted by Crippen LogP contribution is -2.46. The van der Waals surface area contributed by atoms with Gasteiger partial charge in [-0.25, -0.2) is 6.57 Å². The number of carbonyl (C=O) groups excluding carboxylic acids is 1. The number of amides is 1. The molecule has 3 aromatic carbocycles. The standard InChI is InChI=1S/C31H35N3O2/c1-24-10-14-27(15-11-24)31(36,28-16-12-25(2)13-17-28)29(35)33-20-7-21-34-22-18-30(32-3,19-23-34)26-8-5-4-6-9-26/h4-6,8-17,36H,7,18-23H2,1-2H3,(H,33,35). The molecule has 4 rings (SSSR count). The number of aliphatic hydroxyl groups is 1. The topological polar surface area (TPSA) is 56.9 Å². The Morgan fingerprint density at radius 3 is 1.97 bits per heavy atom. The zero-order chi connectivity index (χ0) is 25.6. The van der Waals surface area contributed by atoms with E-state index in [9.17, 15) is 9.90 Å². The van der Waals surface area contributed by atoms with Crippen molar-refractivity contribution >= 4 is 5.91 Å². The number of benzene rings is 3. The van der Waals surface area contributed by atoms with Crippen molar-refractivity contribution in [3.8, 4) is 0 Å². The number of nitrogens with one attached hydrogen (secondary N) is 1. The molecule has 5 nitrogen and oxygen atoms in total. The average molecular weight is 482 g/mol. The van der Waals surface area contributed by atoms with Gasteiger partial charge in [0.25, 0.3) is 11.4 Å². The van der Waals surface area contributed by atoms with Crippen molar-refractivity contribution in [2.75, 3.05) is 26.2 Å². The maximum Gasteiger partial charge on any atom is 0.261 e. The smallest absolute Gasteiger partial charge is 0.261 e. The minimum Gasteiger partial charge on any atom is -0.372 e. The molecule has 2 N–H and O–H groups in total. The zero-order valence-corrected chi connectivity index (χ0v) is 21.2. The van der Waals surface area contributed by atoms with Crippen molar-refractivity contribution in [2.24, 2.45) is 0 Å². The molecule has 0 bridgehead atoms. The monoisotopic (exact) mass is 481 g/mol. The Bertz CT molecular complexity index is 1140. The van der Waals surface area contributed by atoms with Crippen molar-refractivity contribution in [3.63, 3.8) is 0 Å². The molecule has 0 spiro atoms. The van der Waals surface area contributed by atoms with Gasteiger partial charge in [0.2, 0.25) is 0 Å². The Kier molecular flexibility index (Phi) is 7.88. The van der Waals surface area contributed by atoms with E-state index < -0.39 is 17.0 Å². The molecule has 186 valence electrons. The molecule has 1 aliphatic rings. The molecule has 0 saturated carbocycles. The van der Waals surface area contributed by atoms with E-state index in [-0.39, 0.29) is 0 Å². The highest BCUT2D eigenvalue weighted by atomic mass is 16.3. The maximum atomic E-state index is 13.4. The molecule has 3 aromatic rings. The van der Waals surface area contributed by atoms with Gasteiger partial charge >= 0.3 is 0 Å². The summed E-state index contributed by atoms with van der Waals surface area (Å²) in [5.74, 6) is -0.412. The summed E-state index contributed by atoms with van der Waals surface area (Å²) in [6.07, 6.45) is 2.40. The molecule has 5 heteroatoms. The molecule has 0 atom stereocenters. The molecule has 0 aliphatic carbocycles. The molecule has 1 heterocycles. The van der Waals surface area contributed by atoms with Crippen LogP contribution in [0, 0.1) is 20.4 Å². The fourth-order valence-electron chi connectivity index (χ4n) is 5.01. The van der Waals surface area contributed by atoms with E-state index in [1.807, 2.05) is 80.6 Å². The first kappa shape index (κ1) is 25.6. The molecular formula is C31H35N3O2. The van der Waals surface area contributed by atoms with E-state index in [0.29, 0.717) is 17.7 Å². The summed E-state index contributed by atoms with van der Waals surface area (Å²) in [7, 11) is 0. The van der Waals surface area contributed by atoms with Crippen LogP contribution in [0.1, 0.15) is 47.1 Å². The van der Waals surface area contributed by atoms with Crippen LogP contribution in [0.3, 0.4) is 0 Å². The quantitative estimate of drug-likeness (QED) is 0.353. The third-order valence-electron chi connectivity index (χ3n) is 7.41. The number of nitrogens with zero attached hydrogens (tertiary/aromatic N) is 2. The van der Waals surface area contributed by atoms with Gasteiger partial charge in [-0.05, 0) is 37.9 Å². The predicted molar refractivity (Wildman–Crippen MR) is 143 cm³/mol. The summed E-state index contributed by atoms with van der Waals surface area (Å²) in [5, 5.41) is 14.7. The van der Waals surface area contributed by atoms with Gasteiger partial charge in [0.1, 0.15) is 0 Å². The van der Waals surface area contributed by atoms with E-state index in [4.69, 9.17) is 6.57 Å². The SMILES string of the molecule is [C-]#[N+]C1(c2ccccc2)CCN(CCCNC(=O)C(O)(c2ccc(C)cc2)c2ccc(C)cc2)CC1. The van der Waals surface area contributed by atoms with Gasteiger partial charge in [-0.3, -0.25) is 4.79 Å². The van der Waals surface area contributed by atoms with Crippen LogP contribution in [0.2, 0.25) is 0 Å². The van der Waals surface area contributed by atoms with Crippen LogP contribution in [0.5, 0.6) is 0 Å². The van der Waals surface area contributed by atoms with Crippen molar-refractivity contribution in [2.45, 2.75) is 44.2 Å². The Hall–Kier alpha value is -3.46. The fraction of sp³-hybridized carbons (Fsp3) is 0.355. The molecule has 0 unspecified atom stereocenters. The second-order valence-corrected chi connectivity index (χ2v) is 9.90. The van der Waals surface area contributed by atoms with Crippen LogP contribution in [-0.2, 0) is 15.9 Å². The fourth-order valence-corrected chi connectivity index (χ4v) is 5.01. The van der Waals surface area contributed by atoms with Crippen LogP contribution in [0.15, 0.2) is 78.9 Å². The molecule has 1 aliphatic heterocycles. The molecule has 1 saturated heterocycles. The third kappa shape index (κ3) is 5.36. The first-order valence-corrected chi connectivity index (χ1v) is 12.7. The van der Waals surface area contributed by atoms with Crippen LogP contribution in [0.4, 0.5) is 0 Å². The Labute approximate surface area is 214 Å². The maximum absolute atomic E-state index is 13.4. The number of rotatable bonds is 8. The highest BCUT2D eigenvalue weighted by Crippen LogP contribution is 2.37. The number of aryl methyl sites for hydroxylation is 2. The number of carbonyl (C=O) groups is 1. The Balaban J connectivity index is 1.35. The largest absolute Gasteiger partial charge is 0.372 e. The zero-order valence-electron chi connectivity index (χ0n) is 21.2. The predicted octanol–water partition coefficient (Wildman–Crippen LogP) is 4.96. The van der Waals surface area contributed by atoms with E-state index in [0.717, 1.165) is 55.6 Å². The lowest BCUT2D eigenvalue weighted by Gasteiger charge is -2.34. The van der Waals surface area contributed by atoms with Gasteiger partial charge < -0.3 is 20.2 Å². The summed E-state index contributed by atoms with van der Waals surface area (Å²) >= 11 is 0. The molecule has 1 amide bonds. The minimum atomic E-state index is -1.75. The number of hydrogen-bond donors (Lipinski definition) is 2. The molecule has 1 fully saturated rings. The summed E-state index contributed by atoms with van der Waals surface area (Å²) in [5.41, 5.74) is 2.19. The van der Waals surface area contributed by atoms with Crippen molar-refractivity contribution in [1.82, 2.24) is 10.2 Å². The van der Waals surface area contributed by atoms with Crippen LogP contribution < -0.4 is 5.32 Å². The van der Waals surface area contributed by atoms with Gasteiger partial charge in [-0.2, -0.15) is 0 Å². The molecular weight excluding hydrogens is 446 g/mol. The van der Waals surface area contributed by atoms with E-state index in [1.165, 1.54) is 0 Å². The van der Waals surface area contributed by atoms with E-state index in [2.05, 4.69) is 27.2 Å². The average Bonchev–Trinajstić information content (AvgIpc) is 2.92. The van der Waals surface area contributed by atoms with E-state index in [1.54, 1.807) is 0 Å². The molecule has 36 heavy (non-hydrogen) atoms. The first-order valence-electron chi connectivity index (χ1n) is 12.7. The third-order valence-corrected chi connectivity index (χ3v) is 7.41. The van der Waals surface area contributed by atoms with Crippen LogP contribution >= 0.6 is 0 Å². The molecule has 0 aromatic heterocycles.